The summed E-state index contributed by atoms with van der Waals surface area (Å²) in [5, 5.41) is 0. The summed E-state index contributed by atoms with van der Waals surface area (Å²) in [7, 11) is 0. The van der Waals surface area contributed by atoms with E-state index in [1.54, 1.807) is 0 Å². The highest BCUT2D eigenvalue weighted by Crippen LogP contribution is 2.38. The summed E-state index contributed by atoms with van der Waals surface area (Å²) in [6.07, 6.45) is 5.33. The van der Waals surface area contributed by atoms with E-state index in [1.165, 1.54) is 0 Å². The number of allylic oxidation sites excluding steroid dienone is 1. The zero-order chi connectivity index (χ0) is 14.4. The molecule has 6 atom stereocenters. The normalized spacial score (nSPS) is 34.8. The highest BCUT2D eigenvalue weighted by Gasteiger charge is 2.38. The Bertz CT molecular complexity index is 264. The highest BCUT2D eigenvalue weighted by molar-refractivity contribution is 4.87. The van der Waals surface area contributed by atoms with Gasteiger partial charge in [-0.1, -0.05) is 33.3 Å². The molecule has 1 aliphatic rings. The first-order valence-electron chi connectivity index (χ1n) is 7.90. The van der Waals surface area contributed by atoms with Gasteiger partial charge in [0.2, 0.25) is 0 Å². The molecular formula is C17H30F2. The van der Waals surface area contributed by atoms with Gasteiger partial charge in [-0.05, 0) is 55.8 Å². The van der Waals surface area contributed by atoms with Crippen LogP contribution in [0.2, 0.25) is 0 Å². The van der Waals surface area contributed by atoms with Crippen LogP contribution in [-0.2, 0) is 0 Å². The quantitative estimate of drug-likeness (QED) is 0.519. The van der Waals surface area contributed by atoms with Crippen molar-refractivity contribution in [3.63, 3.8) is 0 Å². The maximum Gasteiger partial charge on any atom is 0.134 e. The van der Waals surface area contributed by atoms with Crippen molar-refractivity contribution in [2.24, 2.45) is 23.7 Å². The maximum atomic E-state index is 14.1. The van der Waals surface area contributed by atoms with Crippen molar-refractivity contribution in [1.29, 1.82) is 0 Å². The van der Waals surface area contributed by atoms with Crippen LogP contribution < -0.4 is 0 Å². The lowest BCUT2D eigenvalue weighted by Crippen LogP contribution is -2.37. The third-order valence-electron chi connectivity index (χ3n) is 4.94. The molecule has 1 rings (SSSR count). The van der Waals surface area contributed by atoms with E-state index in [9.17, 15) is 8.78 Å². The van der Waals surface area contributed by atoms with Gasteiger partial charge in [0.25, 0.3) is 0 Å². The van der Waals surface area contributed by atoms with E-state index in [1.807, 2.05) is 13.0 Å². The summed E-state index contributed by atoms with van der Waals surface area (Å²) in [6, 6.07) is 0. The molecule has 0 N–H and O–H groups in total. The molecular weight excluding hydrogens is 242 g/mol. The molecule has 0 radical (unpaired) electrons. The van der Waals surface area contributed by atoms with E-state index in [0.29, 0.717) is 11.8 Å². The predicted octanol–water partition coefficient (Wildman–Crippen LogP) is 5.73. The molecule has 1 saturated carbocycles. The molecule has 0 saturated heterocycles. The van der Waals surface area contributed by atoms with Gasteiger partial charge >= 0.3 is 0 Å². The zero-order valence-electron chi connectivity index (χ0n) is 12.7. The smallest absolute Gasteiger partial charge is 0.134 e. The summed E-state index contributed by atoms with van der Waals surface area (Å²) < 4.78 is 27.8. The Morgan fingerprint density at radius 1 is 1.21 bits per heavy atom. The van der Waals surface area contributed by atoms with Gasteiger partial charge in [-0.2, -0.15) is 0 Å². The van der Waals surface area contributed by atoms with Crippen LogP contribution in [0.15, 0.2) is 12.7 Å². The molecule has 0 amide bonds. The molecule has 112 valence electrons. The average molecular weight is 272 g/mol. The molecule has 6 unspecified atom stereocenters. The molecule has 19 heavy (non-hydrogen) atoms. The van der Waals surface area contributed by atoms with Crippen LogP contribution in [0.4, 0.5) is 8.78 Å². The monoisotopic (exact) mass is 272 g/mol. The zero-order valence-corrected chi connectivity index (χ0v) is 12.7. The molecule has 0 aromatic carbocycles. The second kappa shape index (κ2) is 8.01. The second-order valence-corrected chi connectivity index (χ2v) is 6.50. The molecule has 2 heteroatoms. The Balaban J connectivity index is 2.44. The number of rotatable bonds is 7. The molecule has 0 bridgehead atoms. The van der Waals surface area contributed by atoms with E-state index < -0.39 is 12.3 Å². The number of halogens is 2. The molecule has 0 aliphatic heterocycles. The van der Waals surface area contributed by atoms with Crippen LogP contribution in [0.5, 0.6) is 0 Å². The fraction of sp³-hybridized carbons (Fsp3) is 0.882. The van der Waals surface area contributed by atoms with Crippen LogP contribution in [-0.4, -0.2) is 12.3 Å². The van der Waals surface area contributed by atoms with Crippen LogP contribution in [0.1, 0.15) is 59.3 Å². The van der Waals surface area contributed by atoms with Crippen molar-refractivity contribution in [3.8, 4) is 0 Å². The van der Waals surface area contributed by atoms with Crippen LogP contribution >= 0.6 is 0 Å². The van der Waals surface area contributed by atoms with Gasteiger partial charge in [0, 0.05) is 0 Å². The fourth-order valence-corrected chi connectivity index (χ4v) is 3.15. The number of alkyl halides is 2. The first-order chi connectivity index (χ1) is 8.99. The van der Waals surface area contributed by atoms with Crippen LogP contribution in [0, 0.1) is 23.7 Å². The highest BCUT2D eigenvalue weighted by atomic mass is 19.2. The summed E-state index contributed by atoms with van der Waals surface area (Å²) in [4.78, 5) is 0. The van der Waals surface area contributed by atoms with E-state index in [4.69, 9.17) is 0 Å². The summed E-state index contributed by atoms with van der Waals surface area (Å²) >= 11 is 0. The Kier molecular flexibility index (Phi) is 7.02. The number of hydrogen-bond donors (Lipinski definition) is 0. The lowest BCUT2D eigenvalue weighted by atomic mass is 9.75. The SMILES string of the molecule is C=CC(C)CCC(CC)CC1CCC(C)C(F)C1F. The Labute approximate surface area is 117 Å². The molecule has 0 heterocycles. The second-order valence-electron chi connectivity index (χ2n) is 6.50. The minimum atomic E-state index is -1.25. The third kappa shape index (κ3) is 4.89. The van der Waals surface area contributed by atoms with Gasteiger partial charge in [-0.15, -0.1) is 6.58 Å². The van der Waals surface area contributed by atoms with Crippen molar-refractivity contribution >= 4 is 0 Å². The van der Waals surface area contributed by atoms with E-state index in [2.05, 4.69) is 20.4 Å². The lowest BCUT2D eigenvalue weighted by Gasteiger charge is -2.35. The molecule has 1 fully saturated rings. The van der Waals surface area contributed by atoms with Crippen molar-refractivity contribution in [3.05, 3.63) is 12.7 Å². The van der Waals surface area contributed by atoms with Crippen LogP contribution in [0.3, 0.4) is 0 Å². The average Bonchev–Trinajstić information content (AvgIpc) is 2.42. The van der Waals surface area contributed by atoms with E-state index in [-0.39, 0.29) is 11.8 Å². The third-order valence-corrected chi connectivity index (χ3v) is 4.94. The fourth-order valence-electron chi connectivity index (χ4n) is 3.15. The molecule has 0 spiro atoms. The lowest BCUT2D eigenvalue weighted by molar-refractivity contribution is 0.0188. The topological polar surface area (TPSA) is 0 Å². The minimum Gasteiger partial charge on any atom is -0.244 e. The van der Waals surface area contributed by atoms with E-state index >= 15 is 0 Å². The first kappa shape index (κ1) is 16.7. The minimum absolute atomic E-state index is 0.0600. The Hall–Kier alpha value is -0.400. The van der Waals surface area contributed by atoms with Crippen molar-refractivity contribution < 1.29 is 8.78 Å². The molecule has 0 aromatic heterocycles. The van der Waals surface area contributed by atoms with Gasteiger partial charge in [0.05, 0.1) is 0 Å². The predicted molar refractivity (Wildman–Crippen MR) is 78.7 cm³/mol. The van der Waals surface area contributed by atoms with Gasteiger partial charge in [-0.3, -0.25) is 0 Å². The Morgan fingerprint density at radius 3 is 2.47 bits per heavy atom. The molecule has 0 nitrogen and oxygen atoms in total. The van der Waals surface area contributed by atoms with E-state index in [0.717, 1.165) is 38.5 Å². The summed E-state index contributed by atoms with van der Waals surface area (Å²) in [6.45, 7) is 9.96. The molecule has 1 aliphatic carbocycles. The standard InChI is InChI=1S/C17H30F2/c1-5-12(3)7-9-14(6-2)11-15-10-8-13(4)16(18)17(15)19/h5,12-17H,1,6-11H2,2-4H3. The van der Waals surface area contributed by atoms with Crippen molar-refractivity contribution in [2.45, 2.75) is 71.6 Å². The first-order valence-corrected chi connectivity index (χ1v) is 7.90. The van der Waals surface area contributed by atoms with Crippen LogP contribution in [0.25, 0.3) is 0 Å². The van der Waals surface area contributed by atoms with Crippen molar-refractivity contribution in [1.82, 2.24) is 0 Å². The van der Waals surface area contributed by atoms with Gasteiger partial charge in [0.1, 0.15) is 12.3 Å². The van der Waals surface area contributed by atoms with Gasteiger partial charge in [-0.25, -0.2) is 8.78 Å². The Morgan fingerprint density at radius 2 is 1.89 bits per heavy atom. The largest absolute Gasteiger partial charge is 0.244 e. The number of hydrogen-bond acceptors (Lipinski definition) is 0. The molecule has 0 aromatic rings. The maximum absolute atomic E-state index is 14.1. The van der Waals surface area contributed by atoms with Gasteiger partial charge in [0.15, 0.2) is 0 Å². The summed E-state index contributed by atoms with van der Waals surface area (Å²) in [5.74, 6) is 0.893. The summed E-state index contributed by atoms with van der Waals surface area (Å²) in [5.41, 5.74) is 0. The van der Waals surface area contributed by atoms with Gasteiger partial charge < -0.3 is 0 Å². The van der Waals surface area contributed by atoms with Crippen molar-refractivity contribution in [2.75, 3.05) is 0 Å².